The van der Waals surface area contributed by atoms with Gasteiger partial charge in [-0.15, -0.1) is 0 Å². The molecule has 0 spiro atoms. The summed E-state index contributed by atoms with van der Waals surface area (Å²) in [6, 6.07) is 6.19. The van der Waals surface area contributed by atoms with Gasteiger partial charge in [-0.1, -0.05) is 16.8 Å². The van der Waals surface area contributed by atoms with Crippen LogP contribution in [0.1, 0.15) is 12.0 Å². The number of piperidine rings is 1. The number of likely N-dealkylation sites (tertiary alicyclic amines) is 1. The Morgan fingerprint density at radius 1 is 1.33 bits per heavy atom. The number of fused-ring (bicyclic) bond motifs is 1. The molecule has 2 fully saturated rings. The minimum Gasteiger partial charge on any atom is -0.493 e. The van der Waals surface area contributed by atoms with Crippen LogP contribution < -0.4 is 9.47 Å². The second kappa shape index (κ2) is 4.45. The molecule has 1 aromatic carbocycles. The van der Waals surface area contributed by atoms with Gasteiger partial charge in [-0.2, -0.15) is 0 Å². The molecule has 1 aliphatic heterocycles. The third-order valence-corrected chi connectivity index (χ3v) is 5.02. The fourth-order valence-electron chi connectivity index (χ4n) is 2.99. The summed E-state index contributed by atoms with van der Waals surface area (Å²) in [5, 5.41) is 0. The van der Waals surface area contributed by atoms with Crippen molar-refractivity contribution in [3.05, 3.63) is 23.8 Å². The number of benzene rings is 1. The Labute approximate surface area is 116 Å². The highest BCUT2D eigenvalue weighted by molar-refractivity contribution is 6.18. The number of nitrogens with zero attached hydrogens (tertiary/aromatic N) is 1. The summed E-state index contributed by atoms with van der Waals surface area (Å²) in [5.41, 5.74) is 1.29. The van der Waals surface area contributed by atoms with Crippen LogP contribution in [-0.2, 0) is 6.54 Å². The van der Waals surface area contributed by atoms with Crippen LogP contribution in [0.3, 0.4) is 0 Å². The predicted octanol–water partition coefficient (Wildman–Crippen LogP) is 1.87. The zero-order valence-electron chi connectivity index (χ0n) is 11.0. The van der Waals surface area contributed by atoms with E-state index in [1.807, 2.05) is 6.07 Å². The summed E-state index contributed by atoms with van der Waals surface area (Å²) in [7, 11) is 3.36. The first-order valence-corrected chi connectivity index (χ1v) is 6.94. The summed E-state index contributed by atoms with van der Waals surface area (Å²) in [4.78, 5) is 2.53. The predicted molar refractivity (Wildman–Crippen MR) is 71.4 cm³/mol. The maximum Gasteiger partial charge on any atom is 0.161 e. The average Bonchev–Trinajstić information content (AvgIpc) is 2.88. The minimum atomic E-state index is 0.538. The normalized spacial score (nSPS) is 30.0. The standard InChI is InChI=1S/C14H18NO2.Al/c1-16-13-4-3-10(5-14(13)17-2)7-15-8-11-6-12(11)9-15;/h3-5,11H,6-9H2,1-2H3;. The van der Waals surface area contributed by atoms with E-state index in [2.05, 4.69) is 33.3 Å². The Morgan fingerprint density at radius 2 is 2.11 bits per heavy atom. The van der Waals surface area contributed by atoms with Gasteiger partial charge in [-0.05, 0) is 30.2 Å². The van der Waals surface area contributed by atoms with Crippen molar-refractivity contribution in [3.63, 3.8) is 0 Å². The van der Waals surface area contributed by atoms with Crippen LogP contribution in [0, 0.1) is 5.92 Å². The van der Waals surface area contributed by atoms with Crippen LogP contribution in [0.2, 0.25) is 4.28 Å². The molecular formula is C14H18AlNO2. The number of methoxy groups -OCH3 is 2. The van der Waals surface area contributed by atoms with Gasteiger partial charge in [0.2, 0.25) is 0 Å². The van der Waals surface area contributed by atoms with Crippen molar-refractivity contribution in [3.8, 4) is 11.5 Å². The maximum atomic E-state index is 5.34. The van der Waals surface area contributed by atoms with Crippen LogP contribution in [0.25, 0.3) is 0 Å². The Kier molecular flexibility index (Phi) is 3.05. The molecule has 0 amide bonds. The van der Waals surface area contributed by atoms with Gasteiger partial charge in [0.1, 0.15) is 16.3 Å². The van der Waals surface area contributed by atoms with Gasteiger partial charge >= 0.3 is 0 Å². The van der Waals surface area contributed by atoms with E-state index in [1.165, 1.54) is 25.1 Å². The molecule has 1 saturated heterocycles. The summed E-state index contributed by atoms with van der Waals surface area (Å²) in [5.74, 6) is 2.52. The molecule has 2 atom stereocenters. The summed E-state index contributed by atoms with van der Waals surface area (Å²) in [6.07, 6.45) is 1.39. The lowest BCUT2D eigenvalue weighted by molar-refractivity contribution is 0.297. The van der Waals surface area contributed by atoms with Gasteiger partial charge in [0.25, 0.3) is 0 Å². The minimum absolute atomic E-state index is 0.538. The SMILES string of the molecule is COc1ccc(CN2CC3C[C]3([Al])C2)cc1OC. The molecule has 1 heterocycles. The quantitative estimate of drug-likeness (QED) is 0.770. The zero-order valence-corrected chi connectivity index (χ0v) is 12.1. The molecular weight excluding hydrogens is 241 g/mol. The molecule has 2 aliphatic rings. The highest BCUT2D eigenvalue weighted by Crippen LogP contribution is 2.61. The third-order valence-electron chi connectivity index (χ3n) is 4.13. The van der Waals surface area contributed by atoms with Gasteiger partial charge in [0.05, 0.1) is 14.2 Å². The lowest BCUT2D eigenvalue weighted by Gasteiger charge is -2.20. The van der Waals surface area contributed by atoms with Crippen molar-refractivity contribution in [2.75, 3.05) is 27.3 Å². The first-order chi connectivity index (χ1) is 8.64. The van der Waals surface area contributed by atoms with Crippen LogP contribution in [0.4, 0.5) is 0 Å². The number of hydrogen-bond acceptors (Lipinski definition) is 3. The molecule has 3 nitrogen and oxygen atoms in total. The Hall–Kier alpha value is -0.688. The van der Waals surface area contributed by atoms with Crippen molar-refractivity contribution in [2.45, 2.75) is 17.2 Å². The molecule has 94 valence electrons. The number of rotatable bonds is 4. The summed E-state index contributed by atoms with van der Waals surface area (Å²) < 4.78 is 11.1. The zero-order chi connectivity index (χ0) is 12.8. The van der Waals surface area contributed by atoms with Crippen molar-refractivity contribution >= 4 is 16.3 Å². The van der Waals surface area contributed by atoms with Gasteiger partial charge in [0, 0.05) is 13.1 Å². The third kappa shape index (κ3) is 2.14. The Balaban J connectivity index is 1.69. The first-order valence-electron chi connectivity index (χ1n) is 6.37. The molecule has 0 N–H and O–H groups in total. The molecule has 1 aromatic rings. The first kappa shape index (κ1) is 12.4. The molecule has 1 saturated carbocycles. The monoisotopic (exact) mass is 259 g/mol. The molecule has 4 heteroatoms. The second-order valence-electron chi connectivity index (χ2n) is 5.49. The van der Waals surface area contributed by atoms with Crippen molar-refractivity contribution in [1.82, 2.24) is 4.90 Å². The molecule has 0 bridgehead atoms. The highest BCUT2D eigenvalue weighted by atomic mass is 27.0. The van der Waals surface area contributed by atoms with E-state index >= 15 is 0 Å². The second-order valence-corrected chi connectivity index (χ2v) is 6.64. The van der Waals surface area contributed by atoms with Gasteiger partial charge in [-0.3, -0.25) is 4.90 Å². The van der Waals surface area contributed by atoms with Crippen molar-refractivity contribution in [1.29, 1.82) is 0 Å². The van der Waals surface area contributed by atoms with Gasteiger partial charge in [-0.25, -0.2) is 0 Å². The molecule has 2 unspecified atom stereocenters. The number of ether oxygens (including phenoxy) is 2. The lowest BCUT2D eigenvalue weighted by Crippen LogP contribution is -2.23. The van der Waals surface area contributed by atoms with Crippen LogP contribution >= 0.6 is 0 Å². The van der Waals surface area contributed by atoms with Crippen molar-refractivity contribution < 1.29 is 9.47 Å². The van der Waals surface area contributed by atoms with E-state index in [0.29, 0.717) is 4.28 Å². The molecule has 0 aromatic heterocycles. The molecule has 18 heavy (non-hydrogen) atoms. The van der Waals surface area contributed by atoms with Crippen LogP contribution in [0.15, 0.2) is 18.2 Å². The molecule has 1 aliphatic carbocycles. The molecule has 2 radical (unpaired) electrons. The summed E-state index contributed by atoms with van der Waals surface area (Å²) in [6.45, 7) is 3.45. The van der Waals surface area contributed by atoms with E-state index in [4.69, 9.17) is 9.47 Å². The molecule has 3 rings (SSSR count). The van der Waals surface area contributed by atoms with Gasteiger partial charge < -0.3 is 9.47 Å². The Morgan fingerprint density at radius 3 is 2.72 bits per heavy atom. The lowest BCUT2D eigenvalue weighted by atomic mass is 10.2. The van der Waals surface area contributed by atoms with E-state index in [1.54, 1.807) is 14.2 Å². The van der Waals surface area contributed by atoms with Gasteiger partial charge in [0.15, 0.2) is 11.5 Å². The van der Waals surface area contributed by atoms with Crippen LogP contribution in [-0.4, -0.2) is 48.5 Å². The number of hydrogen-bond donors (Lipinski definition) is 0. The Bertz CT molecular complexity index is 465. The topological polar surface area (TPSA) is 21.7 Å². The van der Waals surface area contributed by atoms with E-state index in [9.17, 15) is 0 Å². The van der Waals surface area contributed by atoms with E-state index in [-0.39, 0.29) is 0 Å². The fourth-order valence-corrected chi connectivity index (χ4v) is 3.64. The smallest absolute Gasteiger partial charge is 0.161 e. The van der Waals surface area contributed by atoms with E-state index in [0.717, 1.165) is 24.0 Å². The average molecular weight is 259 g/mol. The summed E-state index contributed by atoms with van der Waals surface area (Å²) >= 11 is 3.04. The van der Waals surface area contributed by atoms with Crippen LogP contribution in [0.5, 0.6) is 11.5 Å². The fraction of sp³-hybridized carbons (Fsp3) is 0.571. The highest BCUT2D eigenvalue weighted by Gasteiger charge is 2.54. The van der Waals surface area contributed by atoms with E-state index < -0.39 is 0 Å². The van der Waals surface area contributed by atoms with Crippen molar-refractivity contribution in [2.24, 2.45) is 5.92 Å². The maximum absolute atomic E-state index is 5.34. The largest absolute Gasteiger partial charge is 0.493 e.